The van der Waals surface area contributed by atoms with Gasteiger partial charge in [0.2, 0.25) is 5.91 Å². The van der Waals surface area contributed by atoms with Crippen molar-refractivity contribution in [3.05, 3.63) is 22.6 Å². The molecule has 0 bridgehead atoms. The Morgan fingerprint density at radius 2 is 2.12 bits per heavy atom. The molecule has 1 amide bonds. The minimum absolute atomic E-state index is 0.00604. The molecule has 3 atom stereocenters. The number of aliphatic hydroxyl groups is 1. The fraction of sp³-hybridized carbons (Fsp3) is 0.750. The van der Waals surface area contributed by atoms with Gasteiger partial charge in [0.15, 0.2) is 0 Å². The van der Waals surface area contributed by atoms with Crippen LogP contribution in [0.5, 0.6) is 0 Å². The molecule has 5 heteroatoms. The maximum Gasteiger partial charge on any atom is 0.222 e. The van der Waals surface area contributed by atoms with E-state index in [-0.39, 0.29) is 11.8 Å². The molecule has 0 saturated heterocycles. The fourth-order valence-electron chi connectivity index (χ4n) is 3.28. The molecule has 1 aliphatic heterocycles. The molecular formula is C20H36N2O2S. The number of thioether (sulfide) groups is 1. The molecule has 0 aromatic rings. The van der Waals surface area contributed by atoms with Crippen LogP contribution in [-0.4, -0.2) is 41.7 Å². The third kappa shape index (κ3) is 8.82. The highest BCUT2D eigenvalue weighted by molar-refractivity contribution is 8.05. The van der Waals surface area contributed by atoms with E-state index in [1.165, 1.54) is 5.57 Å². The van der Waals surface area contributed by atoms with Crippen molar-refractivity contribution in [1.29, 1.82) is 0 Å². The molecule has 0 radical (unpaired) electrons. The van der Waals surface area contributed by atoms with Gasteiger partial charge < -0.3 is 15.3 Å². The second kappa shape index (κ2) is 10.3. The molecule has 0 fully saturated rings. The van der Waals surface area contributed by atoms with Gasteiger partial charge in [0.1, 0.15) is 0 Å². The highest BCUT2D eigenvalue weighted by atomic mass is 32.2. The first-order valence-corrected chi connectivity index (χ1v) is 10.2. The molecule has 144 valence electrons. The molecule has 0 spiro atoms. The maximum atomic E-state index is 12.2. The quantitative estimate of drug-likeness (QED) is 0.675. The third-order valence-corrected chi connectivity index (χ3v) is 5.92. The molecule has 0 unspecified atom stereocenters. The number of carbonyl (C=O) groups excluding carboxylic acids is 1. The number of nitrogens with zero attached hydrogens (tertiary/aromatic N) is 1. The molecule has 0 saturated carbocycles. The lowest BCUT2D eigenvalue weighted by atomic mass is 9.87. The zero-order chi connectivity index (χ0) is 19.0. The van der Waals surface area contributed by atoms with E-state index < -0.39 is 5.60 Å². The average molecular weight is 369 g/mol. The Morgan fingerprint density at radius 3 is 2.80 bits per heavy atom. The smallest absolute Gasteiger partial charge is 0.222 e. The number of carbonyl (C=O) groups is 1. The normalized spacial score (nSPS) is 34.0. The van der Waals surface area contributed by atoms with Crippen LogP contribution in [0.25, 0.3) is 0 Å². The number of nitrogens with one attached hydrogen (secondary N) is 1. The van der Waals surface area contributed by atoms with Crippen molar-refractivity contribution >= 4 is 17.7 Å². The molecule has 0 aliphatic carbocycles. The van der Waals surface area contributed by atoms with Crippen molar-refractivity contribution in [2.75, 3.05) is 20.1 Å². The summed E-state index contributed by atoms with van der Waals surface area (Å²) in [6.07, 6.45) is 4.02. The molecule has 2 N–H and O–H groups in total. The van der Waals surface area contributed by atoms with E-state index in [1.54, 1.807) is 11.8 Å². The van der Waals surface area contributed by atoms with Crippen molar-refractivity contribution in [3.8, 4) is 0 Å². The fourth-order valence-corrected chi connectivity index (χ4v) is 3.99. The first-order chi connectivity index (χ1) is 11.6. The second-order valence-electron chi connectivity index (χ2n) is 8.00. The Hall–Kier alpha value is -0.940. The van der Waals surface area contributed by atoms with Crippen molar-refractivity contribution in [1.82, 2.24) is 10.2 Å². The number of amides is 1. The first-order valence-electron chi connectivity index (χ1n) is 9.33. The first kappa shape index (κ1) is 22.1. The van der Waals surface area contributed by atoms with Crippen molar-refractivity contribution < 1.29 is 9.90 Å². The van der Waals surface area contributed by atoms with Crippen molar-refractivity contribution in [2.45, 2.75) is 65.4 Å². The molecule has 1 rings (SSSR count). The third-order valence-electron chi connectivity index (χ3n) is 4.81. The second-order valence-corrected chi connectivity index (χ2v) is 8.94. The van der Waals surface area contributed by atoms with Gasteiger partial charge in [-0.25, -0.2) is 0 Å². The van der Waals surface area contributed by atoms with Gasteiger partial charge in [-0.1, -0.05) is 37.8 Å². The molecule has 1 aliphatic rings. The van der Waals surface area contributed by atoms with Gasteiger partial charge in [-0.2, -0.15) is 0 Å². The van der Waals surface area contributed by atoms with Crippen LogP contribution in [0, 0.1) is 11.8 Å². The molecule has 0 aromatic heterocycles. The summed E-state index contributed by atoms with van der Waals surface area (Å²) in [5.41, 5.74) is 0.558. The zero-order valence-electron chi connectivity index (χ0n) is 16.6. The molecule has 4 nitrogen and oxygen atoms in total. The highest BCUT2D eigenvalue weighted by Crippen LogP contribution is 2.27. The van der Waals surface area contributed by atoms with E-state index in [2.05, 4.69) is 43.1 Å². The van der Waals surface area contributed by atoms with Gasteiger partial charge >= 0.3 is 0 Å². The van der Waals surface area contributed by atoms with Crippen LogP contribution in [0.2, 0.25) is 0 Å². The Balaban J connectivity index is 2.78. The van der Waals surface area contributed by atoms with E-state index in [1.807, 2.05) is 13.8 Å². The van der Waals surface area contributed by atoms with E-state index in [9.17, 15) is 9.90 Å². The molecule has 1 heterocycles. The summed E-state index contributed by atoms with van der Waals surface area (Å²) in [6, 6.07) is 0. The number of hydrogen-bond acceptors (Lipinski definition) is 4. The van der Waals surface area contributed by atoms with Gasteiger partial charge in [-0.15, -0.1) is 0 Å². The summed E-state index contributed by atoms with van der Waals surface area (Å²) < 4.78 is 0. The molecule has 25 heavy (non-hydrogen) atoms. The predicted octanol–water partition coefficient (Wildman–Crippen LogP) is 4.13. The lowest BCUT2D eigenvalue weighted by Gasteiger charge is -2.30. The number of hydrogen-bond donors (Lipinski definition) is 2. The van der Waals surface area contributed by atoms with Crippen LogP contribution >= 0.6 is 11.8 Å². The lowest BCUT2D eigenvalue weighted by molar-refractivity contribution is -0.124. The monoisotopic (exact) mass is 368 g/mol. The van der Waals surface area contributed by atoms with Crippen molar-refractivity contribution in [3.63, 3.8) is 0 Å². The van der Waals surface area contributed by atoms with Gasteiger partial charge in [-0.3, -0.25) is 4.79 Å². The summed E-state index contributed by atoms with van der Waals surface area (Å²) in [5.74, 6) is 0.481. The Bertz CT molecular complexity index is 488. The van der Waals surface area contributed by atoms with E-state index in [4.69, 9.17) is 0 Å². The van der Waals surface area contributed by atoms with Gasteiger partial charge in [0.05, 0.1) is 10.6 Å². The van der Waals surface area contributed by atoms with Crippen LogP contribution in [-0.2, 0) is 4.79 Å². The minimum Gasteiger partial charge on any atom is -0.390 e. The van der Waals surface area contributed by atoms with E-state index >= 15 is 0 Å². The lowest BCUT2D eigenvalue weighted by Crippen LogP contribution is -2.32. The largest absolute Gasteiger partial charge is 0.390 e. The van der Waals surface area contributed by atoms with E-state index in [0.29, 0.717) is 12.5 Å². The van der Waals surface area contributed by atoms with Crippen molar-refractivity contribution in [2.24, 2.45) is 11.8 Å². The summed E-state index contributed by atoms with van der Waals surface area (Å²) in [6.45, 7) is 13.9. The summed E-state index contributed by atoms with van der Waals surface area (Å²) in [7, 11) is 2.06. The highest BCUT2D eigenvalue weighted by Gasteiger charge is 2.25. The van der Waals surface area contributed by atoms with Crippen LogP contribution < -0.4 is 5.32 Å². The van der Waals surface area contributed by atoms with Crippen LogP contribution in [0.3, 0.4) is 0 Å². The summed E-state index contributed by atoms with van der Waals surface area (Å²) in [5, 5.41) is 16.8. The zero-order valence-corrected chi connectivity index (χ0v) is 17.4. The Kier molecular flexibility index (Phi) is 9.08. The van der Waals surface area contributed by atoms with Crippen LogP contribution in [0.4, 0.5) is 0 Å². The van der Waals surface area contributed by atoms with Crippen LogP contribution in [0.15, 0.2) is 22.6 Å². The Morgan fingerprint density at radius 1 is 1.44 bits per heavy atom. The number of rotatable bonds is 0. The average Bonchev–Trinajstić information content (AvgIpc) is 2.50. The summed E-state index contributed by atoms with van der Waals surface area (Å²) >= 11 is 1.63. The predicted molar refractivity (Wildman–Crippen MR) is 108 cm³/mol. The molecule has 0 aromatic carbocycles. The van der Waals surface area contributed by atoms with Gasteiger partial charge in [0.25, 0.3) is 0 Å². The topological polar surface area (TPSA) is 52.6 Å². The Labute approximate surface area is 158 Å². The van der Waals surface area contributed by atoms with E-state index in [0.717, 1.165) is 43.7 Å². The van der Waals surface area contributed by atoms with Crippen LogP contribution in [0.1, 0.15) is 59.8 Å². The SMILES string of the molecule is C=C1S/C=C(\C)CCNC(=O)[C@H](C)CCC[C@](C)(O)C[C@@H](C)CN1C. The van der Waals surface area contributed by atoms with Gasteiger partial charge in [0, 0.05) is 26.1 Å². The summed E-state index contributed by atoms with van der Waals surface area (Å²) in [4.78, 5) is 14.3. The molecular weight excluding hydrogens is 332 g/mol. The standard InChI is InChI=1S/C20H36N2O2S/c1-15-9-11-21-19(23)17(3)8-7-10-20(5,24)12-16(2)13-22(6)18(4)25-14-15/h14,16-17,24H,4,7-13H2,1-3,5-6H3,(H,21,23)/b15-14+/t16-,17-,20+/m1/s1. The minimum atomic E-state index is -0.685. The maximum absolute atomic E-state index is 12.2. The van der Waals surface area contributed by atoms with Gasteiger partial charge in [-0.05, 0) is 57.3 Å².